The molecule has 1 heterocycles. The number of fused-ring (bicyclic) bond motifs is 4. The molecule has 198 valence electrons. The number of anilines is 3. The minimum Gasteiger partial charge on any atom is -0.310 e. The Morgan fingerprint density at radius 2 is 0.976 bits per heavy atom. The molecule has 2 heteroatoms. The summed E-state index contributed by atoms with van der Waals surface area (Å²) in [5.74, 6) is 0. The van der Waals surface area contributed by atoms with Crippen molar-refractivity contribution in [2.24, 2.45) is 0 Å². The molecule has 0 radical (unpaired) electrons. The molecule has 0 bridgehead atoms. The average molecular weight is 554 g/mol. The summed E-state index contributed by atoms with van der Waals surface area (Å²) in [7, 11) is 0. The molecular formula is C40H27NS. The summed E-state index contributed by atoms with van der Waals surface area (Å²) in [5.41, 5.74) is 8.30. The van der Waals surface area contributed by atoms with Gasteiger partial charge >= 0.3 is 0 Å². The van der Waals surface area contributed by atoms with Crippen molar-refractivity contribution >= 4 is 59.3 Å². The third-order valence-corrected chi connectivity index (χ3v) is 9.19. The molecule has 0 N–H and O–H groups in total. The van der Waals surface area contributed by atoms with Crippen LogP contribution in [0.2, 0.25) is 0 Å². The van der Waals surface area contributed by atoms with Gasteiger partial charge in [0.2, 0.25) is 0 Å². The number of hydrogen-bond donors (Lipinski definition) is 0. The van der Waals surface area contributed by atoms with Crippen LogP contribution in [0.25, 0.3) is 53.2 Å². The molecule has 0 saturated carbocycles. The van der Waals surface area contributed by atoms with Crippen molar-refractivity contribution in [1.29, 1.82) is 0 Å². The predicted molar refractivity (Wildman–Crippen MR) is 182 cm³/mol. The molecule has 8 aromatic rings. The number of hydrogen-bond acceptors (Lipinski definition) is 2. The topological polar surface area (TPSA) is 3.24 Å². The molecule has 1 aromatic heterocycles. The summed E-state index contributed by atoms with van der Waals surface area (Å²) < 4.78 is 2.62. The van der Waals surface area contributed by atoms with E-state index in [1.165, 1.54) is 53.2 Å². The van der Waals surface area contributed by atoms with Gasteiger partial charge in [0, 0.05) is 37.2 Å². The number of nitrogens with zero attached hydrogens (tertiary/aromatic N) is 1. The van der Waals surface area contributed by atoms with E-state index in [1.54, 1.807) is 0 Å². The normalized spacial score (nSPS) is 11.3. The Morgan fingerprint density at radius 3 is 1.86 bits per heavy atom. The van der Waals surface area contributed by atoms with E-state index < -0.39 is 0 Å². The number of rotatable bonds is 5. The smallest absolute Gasteiger partial charge is 0.0476 e. The maximum atomic E-state index is 2.38. The first kappa shape index (κ1) is 24.6. The fraction of sp³-hybridized carbons (Fsp3) is 0. The van der Waals surface area contributed by atoms with Crippen LogP contribution in [-0.4, -0.2) is 0 Å². The molecule has 7 aromatic carbocycles. The van der Waals surface area contributed by atoms with Gasteiger partial charge in [-0.1, -0.05) is 121 Å². The molecule has 0 aliphatic carbocycles. The van der Waals surface area contributed by atoms with E-state index in [-0.39, 0.29) is 0 Å². The van der Waals surface area contributed by atoms with Crippen LogP contribution in [-0.2, 0) is 0 Å². The Balaban J connectivity index is 1.29. The summed E-state index contributed by atoms with van der Waals surface area (Å²) in [4.78, 5) is 2.38. The van der Waals surface area contributed by atoms with Crippen LogP contribution in [0, 0.1) is 0 Å². The van der Waals surface area contributed by atoms with Gasteiger partial charge in [-0.15, -0.1) is 11.3 Å². The van der Waals surface area contributed by atoms with Crippen molar-refractivity contribution in [3.63, 3.8) is 0 Å². The lowest BCUT2D eigenvalue weighted by Crippen LogP contribution is -2.10. The van der Waals surface area contributed by atoms with E-state index in [0.717, 1.165) is 17.1 Å². The Hall–Kier alpha value is -5.18. The van der Waals surface area contributed by atoms with Crippen molar-refractivity contribution < 1.29 is 0 Å². The summed E-state index contributed by atoms with van der Waals surface area (Å²) in [6, 6.07) is 59.2. The summed E-state index contributed by atoms with van der Waals surface area (Å²) in [6.45, 7) is 0. The van der Waals surface area contributed by atoms with Crippen LogP contribution < -0.4 is 4.90 Å². The Labute approximate surface area is 249 Å². The Morgan fingerprint density at radius 1 is 0.357 bits per heavy atom. The highest BCUT2D eigenvalue weighted by Gasteiger charge is 2.16. The third kappa shape index (κ3) is 4.34. The molecule has 8 rings (SSSR count). The summed E-state index contributed by atoms with van der Waals surface area (Å²) >= 11 is 1.86. The van der Waals surface area contributed by atoms with Crippen molar-refractivity contribution in [2.45, 2.75) is 0 Å². The highest BCUT2D eigenvalue weighted by Crippen LogP contribution is 2.42. The van der Waals surface area contributed by atoms with Gasteiger partial charge in [-0.25, -0.2) is 0 Å². The summed E-state index contributed by atoms with van der Waals surface area (Å²) in [5, 5.41) is 5.15. The summed E-state index contributed by atoms with van der Waals surface area (Å²) in [6.07, 6.45) is 0. The van der Waals surface area contributed by atoms with Gasteiger partial charge in [0.15, 0.2) is 0 Å². The zero-order valence-corrected chi connectivity index (χ0v) is 23.8. The molecule has 0 spiro atoms. The van der Waals surface area contributed by atoms with E-state index in [0.29, 0.717) is 0 Å². The van der Waals surface area contributed by atoms with E-state index in [4.69, 9.17) is 0 Å². The van der Waals surface area contributed by atoms with Crippen molar-refractivity contribution in [2.75, 3.05) is 4.90 Å². The molecule has 0 fully saturated rings. The van der Waals surface area contributed by atoms with Crippen LogP contribution in [0.5, 0.6) is 0 Å². The molecular weight excluding hydrogens is 527 g/mol. The van der Waals surface area contributed by atoms with Crippen molar-refractivity contribution in [3.8, 4) is 22.3 Å². The van der Waals surface area contributed by atoms with Crippen LogP contribution in [0.1, 0.15) is 0 Å². The molecule has 0 atom stereocenters. The number of benzene rings is 7. The highest BCUT2D eigenvalue weighted by atomic mass is 32.1. The van der Waals surface area contributed by atoms with Crippen LogP contribution in [0.4, 0.5) is 17.1 Å². The molecule has 0 aliphatic heterocycles. The first-order valence-corrected chi connectivity index (χ1v) is 15.1. The lowest BCUT2D eigenvalue weighted by Gasteiger charge is -2.26. The third-order valence-electron chi connectivity index (χ3n) is 8.06. The van der Waals surface area contributed by atoms with Crippen LogP contribution >= 0.6 is 11.3 Å². The zero-order valence-electron chi connectivity index (χ0n) is 22.9. The van der Waals surface area contributed by atoms with Gasteiger partial charge in [0.1, 0.15) is 0 Å². The lowest BCUT2D eigenvalue weighted by atomic mass is 9.97. The highest BCUT2D eigenvalue weighted by molar-refractivity contribution is 7.25. The molecule has 0 unspecified atom stereocenters. The Kier molecular flexibility index (Phi) is 6.05. The van der Waals surface area contributed by atoms with Gasteiger partial charge < -0.3 is 4.90 Å². The molecule has 0 aliphatic rings. The average Bonchev–Trinajstić information content (AvgIpc) is 3.43. The van der Waals surface area contributed by atoms with E-state index in [2.05, 4.69) is 169 Å². The van der Waals surface area contributed by atoms with Gasteiger partial charge in [-0.2, -0.15) is 0 Å². The molecule has 42 heavy (non-hydrogen) atoms. The van der Waals surface area contributed by atoms with Gasteiger partial charge in [-0.05, 0) is 75.5 Å². The Bertz CT molecular complexity index is 2190. The predicted octanol–water partition coefficient (Wildman–Crippen LogP) is 12.0. The quantitative estimate of drug-likeness (QED) is 0.205. The van der Waals surface area contributed by atoms with Crippen molar-refractivity contribution in [1.82, 2.24) is 0 Å². The second kappa shape index (κ2) is 10.3. The van der Waals surface area contributed by atoms with E-state index in [9.17, 15) is 0 Å². The maximum absolute atomic E-state index is 2.38. The van der Waals surface area contributed by atoms with Crippen LogP contribution in [0.3, 0.4) is 0 Å². The fourth-order valence-corrected chi connectivity index (χ4v) is 7.16. The SMILES string of the molecule is c1ccc(-c2ccc(N(c3cccc(-c4cccc5ccccc45)c3)c3ccc4c(c3)sc3ccccc34)cc2)cc1. The zero-order chi connectivity index (χ0) is 27.9. The lowest BCUT2D eigenvalue weighted by molar-refractivity contribution is 1.29. The first-order chi connectivity index (χ1) is 20.8. The molecule has 0 saturated heterocycles. The minimum absolute atomic E-state index is 1.13. The minimum atomic E-state index is 1.13. The van der Waals surface area contributed by atoms with Gasteiger partial charge in [0.25, 0.3) is 0 Å². The van der Waals surface area contributed by atoms with E-state index >= 15 is 0 Å². The second-order valence-corrected chi connectivity index (χ2v) is 11.7. The van der Waals surface area contributed by atoms with Gasteiger partial charge in [-0.3, -0.25) is 0 Å². The van der Waals surface area contributed by atoms with Crippen LogP contribution in [0.15, 0.2) is 164 Å². The van der Waals surface area contributed by atoms with E-state index in [1.807, 2.05) is 11.3 Å². The fourth-order valence-electron chi connectivity index (χ4n) is 6.02. The van der Waals surface area contributed by atoms with Crippen molar-refractivity contribution in [3.05, 3.63) is 164 Å². The first-order valence-electron chi connectivity index (χ1n) is 14.3. The monoisotopic (exact) mass is 553 g/mol. The van der Waals surface area contributed by atoms with Gasteiger partial charge in [0.05, 0.1) is 0 Å². The number of thiophene rings is 1. The standard InChI is InChI=1S/C40H27NS/c1-2-10-28(11-3-1)29-20-22-32(23-21-29)41(34-24-25-38-37-17-6-7-19-39(37)42-40(38)27-34)33-15-8-14-31(26-33)36-18-9-13-30-12-4-5-16-35(30)36/h1-27H. The molecule has 1 nitrogen and oxygen atoms in total. The molecule has 0 amide bonds. The maximum Gasteiger partial charge on any atom is 0.0476 e. The second-order valence-electron chi connectivity index (χ2n) is 10.6. The largest absolute Gasteiger partial charge is 0.310 e.